The third-order valence-electron chi connectivity index (χ3n) is 4.93. The van der Waals surface area contributed by atoms with Crippen LogP contribution >= 0.6 is 23.1 Å². The first-order chi connectivity index (χ1) is 15.0. The Morgan fingerprint density at radius 1 is 1.23 bits per heavy atom. The number of aromatic nitrogens is 4. The summed E-state index contributed by atoms with van der Waals surface area (Å²) in [5.41, 5.74) is 3.89. The Labute approximate surface area is 189 Å². The smallest absolute Gasteiger partial charge is 0.230 e. The van der Waals surface area contributed by atoms with E-state index in [2.05, 4.69) is 17.1 Å². The van der Waals surface area contributed by atoms with E-state index in [4.69, 9.17) is 9.40 Å². The van der Waals surface area contributed by atoms with Crippen LogP contribution in [-0.2, 0) is 24.0 Å². The fraction of sp³-hybridized carbons (Fsp3) is 0.273. The van der Waals surface area contributed by atoms with Crippen molar-refractivity contribution >= 4 is 39.8 Å². The summed E-state index contributed by atoms with van der Waals surface area (Å²) in [5, 5.41) is 12.1. The molecule has 3 aromatic heterocycles. The second kappa shape index (κ2) is 9.07. The first-order valence-electron chi connectivity index (χ1n) is 9.88. The van der Waals surface area contributed by atoms with Gasteiger partial charge in [0.15, 0.2) is 16.1 Å². The van der Waals surface area contributed by atoms with Gasteiger partial charge in [0.05, 0.1) is 23.2 Å². The van der Waals surface area contributed by atoms with Gasteiger partial charge in [-0.05, 0) is 37.1 Å². The predicted molar refractivity (Wildman–Crippen MR) is 124 cm³/mol. The number of nitrogens with zero attached hydrogens (tertiary/aromatic N) is 5. The average molecular weight is 454 g/mol. The molecule has 0 saturated carbocycles. The van der Waals surface area contributed by atoms with Crippen molar-refractivity contribution in [1.29, 1.82) is 0 Å². The molecular weight excluding hydrogens is 430 g/mol. The summed E-state index contributed by atoms with van der Waals surface area (Å²) in [6.07, 6.45) is 2.61. The van der Waals surface area contributed by atoms with E-state index in [1.165, 1.54) is 16.9 Å². The number of thioether (sulfide) groups is 1. The van der Waals surface area contributed by atoms with Crippen molar-refractivity contribution in [2.24, 2.45) is 7.05 Å². The predicted octanol–water partition coefficient (Wildman–Crippen LogP) is 5.38. The van der Waals surface area contributed by atoms with Gasteiger partial charge in [0.25, 0.3) is 0 Å². The molecule has 3 heterocycles. The number of furan rings is 1. The molecule has 0 fully saturated rings. The second-order valence-electron chi connectivity index (χ2n) is 7.04. The Morgan fingerprint density at radius 2 is 2.00 bits per heavy atom. The van der Waals surface area contributed by atoms with E-state index < -0.39 is 0 Å². The van der Waals surface area contributed by atoms with Crippen LogP contribution in [0.1, 0.15) is 30.9 Å². The van der Waals surface area contributed by atoms with Crippen LogP contribution in [0.4, 0.5) is 10.8 Å². The first-order valence-corrected chi connectivity index (χ1v) is 11.7. The van der Waals surface area contributed by atoms with Crippen molar-refractivity contribution < 1.29 is 9.21 Å². The van der Waals surface area contributed by atoms with E-state index in [-0.39, 0.29) is 5.91 Å². The van der Waals surface area contributed by atoms with Gasteiger partial charge < -0.3 is 8.98 Å². The maximum absolute atomic E-state index is 12.3. The van der Waals surface area contributed by atoms with Gasteiger partial charge in [-0.25, -0.2) is 4.98 Å². The molecule has 31 heavy (non-hydrogen) atoms. The lowest BCUT2D eigenvalue weighted by molar-refractivity contribution is -0.115. The van der Waals surface area contributed by atoms with E-state index in [1.54, 1.807) is 29.8 Å². The Balaban J connectivity index is 1.49. The largest absolute Gasteiger partial charge is 0.469 e. The van der Waals surface area contributed by atoms with Crippen LogP contribution in [0.25, 0.3) is 11.4 Å². The quantitative estimate of drug-likeness (QED) is 0.350. The van der Waals surface area contributed by atoms with Gasteiger partial charge in [-0.3, -0.25) is 9.69 Å². The van der Waals surface area contributed by atoms with Crippen LogP contribution in [0.2, 0.25) is 0 Å². The molecule has 4 rings (SSSR count). The van der Waals surface area contributed by atoms with Gasteiger partial charge in [-0.2, -0.15) is 0 Å². The number of hydrogen-bond acceptors (Lipinski definition) is 7. The highest BCUT2D eigenvalue weighted by Gasteiger charge is 2.19. The maximum atomic E-state index is 12.3. The number of rotatable bonds is 7. The molecule has 7 nitrogen and oxygen atoms in total. The highest BCUT2D eigenvalue weighted by molar-refractivity contribution is 7.98. The summed E-state index contributed by atoms with van der Waals surface area (Å²) in [6, 6.07) is 9.92. The number of hydrogen-bond donors (Lipinski definition) is 0. The molecular formula is C22H23N5O2S2. The number of amides is 1. The van der Waals surface area contributed by atoms with Crippen molar-refractivity contribution in [2.75, 3.05) is 4.90 Å². The summed E-state index contributed by atoms with van der Waals surface area (Å²) in [4.78, 5) is 18.7. The Hall–Kier alpha value is -2.91. The molecule has 0 unspecified atom stereocenters. The molecule has 1 amide bonds. The van der Waals surface area contributed by atoms with Crippen LogP contribution in [-0.4, -0.2) is 25.7 Å². The first kappa shape index (κ1) is 21.3. The van der Waals surface area contributed by atoms with E-state index in [0.29, 0.717) is 10.9 Å². The number of anilines is 2. The molecule has 9 heteroatoms. The number of aryl methyl sites for hydroxylation is 2. The van der Waals surface area contributed by atoms with Crippen LogP contribution in [0.15, 0.2) is 51.5 Å². The van der Waals surface area contributed by atoms with Gasteiger partial charge in [-0.15, -0.1) is 21.5 Å². The summed E-state index contributed by atoms with van der Waals surface area (Å²) in [6.45, 7) is 5.58. The topological polar surface area (TPSA) is 77.1 Å². The third kappa shape index (κ3) is 4.42. The molecule has 0 saturated heterocycles. The van der Waals surface area contributed by atoms with Crippen molar-refractivity contribution in [2.45, 2.75) is 38.1 Å². The standard InChI is InChI=1S/C22H23N5O2S2/c1-5-16-6-8-18(9-7-16)27(15(3)28)21-23-17(12-30-21)13-31-22-25-24-20(26(22)4)19-10-11-29-14(19)2/h6-12H,5,13H2,1-4H3. The minimum Gasteiger partial charge on any atom is -0.469 e. The zero-order valence-electron chi connectivity index (χ0n) is 17.8. The molecule has 160 valence electrons. The number of carbonyl (C=O) groups is 1. The monoisotopic (exact) mass is 453 g/mol. The molecule has 0 radical (unpaired) electrons. The zero-order valence-corrected chi connectivity index (χ0v) is 19.5. The lowest BCUT2D eigenvalue weighted by atomic mass is 10.1. The van der Waals surface area contributed by atoms with E-state index in [0.717, 1.165) is 40.1 Å². The normalized spacial score (nSPS) is 11.1. The van der Waals surface area contributed by atoms with E-state index >= 15 is 0 Å². The maximum Gasteiger partial charge on any atom is 0.230 e. The Kier molecular flexibility index (Phi) is 6.24. The molecule has 4 aromatic rings. The summed E-state index contributed by atoms with van der Waals surface area (Å²) >= 11 is 3.02. The summed E-state index contributed by atoms with van der Waals surface area (Å²) < 4.78 is 7.33. The summed E-state index contributed by atoms with van der Waals surface area (Å²) in [7, 11) is 1.94. The molecule has 0 bridgehead atoms. The van der Waals surface area contributed by atoms with Crippen molar-refractivity contribution in [3.63, 3.8) is 0 Å². The van der Waals surface area contributed by atoms with Crippen molar-refractivity contribution in [1.82, 2.24) is 19.7 Å². The van der Waals surface area contributed by atoms with Crippen molar-refractivity contribution in [3.05, 3.63) is 59.0 Å². The van der Waals surface area contributed by atoms with Gasteiger partial charge in [0.2, 0.25) is 5.91 Å². The minimum absolute atomic E-state index is 0.0637. The van der Waals surface area contributed by atoms with Crippen LogP contribution in [0, 0.1) is 6.92 Å². The van der Waals surface area contributed by atoms with Gasteiger partial charge in [-0.1, -0.05) is 30.8 Å². The van der Waals surface area contributed by atoms with Gasteiger partial charge in [0, 0.05) is 25.1 Å². The van der Waals surface area contributed by atoms with Crippen molar-refractivity contribution in [3.8, 4) is 11.4 Å². The summed E-state index contributed by atoms with van der Waals surface area (Å²) in [5.74, 6) is 2.15. The fourth-order valence-electron chi connectivity index (χ4n) is 3.20. The second-order valence-corrected chi connectivity index (χ2v) is 8.82. The Morgan fingerprint density at radius 3 is 2.65 bits per heavy atom. The van der Waals surface area contributed by atoms with Gasteiger partial charge in [0.1, 0.15) is 5.76 Å². The van der Waals surface area contributed by atoms with Crippen LogP contribution in [0.3, 0.4) is 0 Å². The molecule has 0 N–H and O–H groups in total. The molecule has 0 atom stereocenters. The number of carbonyl (C=O) groups excluding carboxylic acids is 1. The number of benzene rings is 1. The molecule has 0 spiro atoms. The Bertz CT molecular complexity index is 1190. The highest BCUT2D eigenvalue weighted by atomic mass is 32.2. The zero-order chi connectivity index (χ0) is 22.0. The highest BCUT2D eigenvalue weighted by Crippen LogP contribution is 2.32. The molecule has 0 aliphatic rings. The molecule has 1 aromatic carbocycles. The van der Waals surface area contributed by atoms with Gasteiger partial charge >= 0.3 is 0 Å². The van der Waals surface area contributed by atoms with Crippen LogP contribution < -0.4 is 4.90 Å². The fourth-order valence-corrected chi connectivity index (χ4v) is 5.00. The lowest BCUT2D eigenvalue weighted by Crippen LogP contribution is -2.22. The SMILES string of the molecule is CCc1ccc(N(C(C)=O)c2nc(CSc3nnc(-c4ccoc4C)n3C)cs2)cc1. The molecule has 0 aliphatic heterocycles. The van der Waals surface area contributed by atoms with E-state index in [9.17, 15) is 4.79 Å². The minimum atomic E-state index is -0.0637. The van der Waals surface area contributed by atoms with E-state index in [1.807, 2.05) is 54.3 Å². The average Bonchev–Trinajstić information content (AvgIpc) is 3.48. The molecule has 0 aliphatic carbocycles. The lowest BCUT2D eigenvalue weighted by Gasteiger charge is -2.18. The number of thiazole rings is 1. The third-order valence-corrected chi connectivity index (χ3v) is 6.86. The van der Waals surface area contributed by atoms with Crippen LogP contribution in [0.5, 0.6) is 0 Å².